The number of benzene rings is 1. The largest absolute Gasteiger partial charge is 0.454 e. The summed E-state index contributed by atoms with van der Waals surface area (Å²) in [5, 5.41) is 6.17. The first-order chi connectivity index (χ1) is 7.81. The Kier molecular flexibility index (Phi) is 1.99. The van der Waals surface area contributed by atoms with Gasteiger partial charge in [0.2, 0.25) is 6.79 Å². The van der Waals surface area contributed by atoms with E-state index in [1.54, 1.807) is 0 Å². The maximum atomic E-state index is 5.33. The van der Waals surface area contributed by atoms with Crippen LogP contribution in [0.1, 0.15) is 5.56 Å². The molecule has 0 spiro atoms. The lowest BCUT2D eigenvalue weighted by molar-refractivity contribution is 0.174. The summed E-state index contributed by atoms with van der Waals surface area (Å²) in [7, 11) is 0. The SMILES string of the molecule is C=C1NC=C(Cc2ccc3c(c2)OCO3)N1. The van der Waals surface area contributed by atoms with Crippen molar-refractivity contribution in [3.63, 3.8) is 0 Å². The van der Waals surface area contributed by atoms with E-state index in [0.717, 1.165) is 29.4 Å². The minimum Gasteiger partial charge on any atom is -0.454 e. The summed E-state index contributed by atoms with van der Waals surface area (Å²) in [4.78, 5) is 0. The van der Waals surface area contributed by atoms with Gasteiger partial charge in [-0.05, 0) is 17.7 Å². The lowest BCUT2D eigenvalue weighted by atomic mass is 10.1. The molecule has 1 aromatic rings. The first-order valence-electron chi connectivity index (χ1n) is 5.11. The maximum absolute atomic E-state index is 5.33. The van der Waals surface area contributed by atoms with Crippen molar-refractivity contribution in [2.75, 3.05) is 6.79 Å². The molecule has 16 heavy (non-hydrogen) atoms. The van der Waals surface area contributed by atoms with E-state index in [9.17, 15) is 0 Å². The van der Waals surface area contributed by atoms with Crippen LogP contribution in [0, 0.1) is 0 Å². The molecule has 2 N–H and O–H groups in total. The number of rotatable bonds is 2. The van der Waals surface area contributed by atoms with Gasteiger partial charge in [0, 0.05) is 18.3 Å². The molecule has 82 valence electrons. The predicted molar refractivity (Wildman–Crippen MR) is 59.8 cm³/mol. The van der Waals surface area contributed by atoms with E-state index >= 15 is 0 Å². The Morgan fingerprint density at radius 3 is 2.94 bits per heavy atom. The van der Waals surface area contributed by atoms with Crippen molar-refractivity contribution in [1.29, 1.82) is 0 Å². The van der Waals surface area contributed by atoms with Crippen LogP contribution in [-0.4, -0.2) is 6.79 Å². The highest BCUT2D eigenvalue weighted by Gasteiger charge is 2.14. The van der Waals surface area contributed by atoms with Crippen molar-refractivity contribution in [3.05, 3.63) is 48.1 Å². The summed E-state index contributed by atoms with van der Waals surface area (Å²) in [5.74, 6) is 2.46. The fourth-order valence-corrected chi connectivity index (χ4v) is 1.81. The van der Waals surface area contributed by atoms with Gasteiger partial charge in [-0.15, -0.1) is 0 Å². The summed E-state index contributed by atoms with van der Waals surface area (Å²) in [6, 6.07) is 5.98. The van der Waals surface area contributed by atoms with Crippen molar-refractivity contribution in [3.8, 4) is 11.5 Å². The highest BCUT2D eigenvalue weighted by Crippen LogP contribution is 2.33. The molecule has 3 rings (SSSR count). The quantitative estimate of drug-likeness (QED) is 0.785. The molecule has 0 atom stereocenters. The monoisotopic (exact) mass is 216 g/mol. The van der Waals surface area contributed by atoms with Crippen molar-refractivity contribution in [2.24, 2.45) is 0 Å². The van der Waals surface area contributed by atoms with Crippen LogP contribution in [-0.2, 0) is 6.42 Å². The Hall–Kier alpha value is -2.10. The molecule has 2 heterocycles. The van der Waals surface area contributed by atoms with Gasteiger partial charge < -0.3 is 20.1 Å². The summed E-state index contributed by atoms with van der Waals surface area (Å²) >= 11 is 0. The molecule has 0 saturated carbocycles. The third-order valence-electron chi connectivity index (χ3n) is 2.56. The highest BCUT2D eigenvalue weighted by molar-refractivity contribution is 5.45. The first kappa shape index (κ1) is 9.15. The van der Waals surface area contributed by atoms with E-state index in [4.69, 9.17) is 9.47 Å². The van der Waals surface area contributed by atoms with Crippen molar-refractivity contribution in [2.45, 2.75) is 6.42 Å². The van der Waals surface area contributed by atoms with E-state index in [-0.39, 0.29) is 0 Å². The Labute approximate surface area is 93.6 Å². The van der Waals surface area contributed by atoms with Gasteiger partial charge in [-0.3, -0.25) is 0 Å². The molecule has 0 bridgehead atoms. The molecule has 0 saturated heterocycles. The van der Waals surface area contributed by atoms with Gasteiger partial charge in [0.15, 0.2) is 11.5 Å². The highest BCUT2D eigenvalue weighted by atomic mass is 16.7. The third kappa shape index (κ3) is 1.58. The van der Waals surface area contributed by atoms with Crippen LogP contribution in [0.3, 0.4) is 0 Å². The summed E-state index contributed by atoms with van der Waals surface area (Å²) in [6.45, 7) is 4.10. The third-order valence-corrected chi connectivity index (χ3v) is 2.56. The molecule has 0 amide bonds. The molecular formula is C12H12N2O2. The van der Waals surface area contributed by atoms with Gasteiger partial charge in [-0.1, -0.05) is 12.6 Å². The smallest absolute Gasteiger partial charge is 0.231 e. The number of nitrogens with one attached hydrogen (secondary N) is 2. The van der Waals surface area contributed by atoms with Crippen molar-refractivity contribution >= 4 is 0 Å². The maximum Gasteiger partial charge on any atom is 0.231 e. The molecule has 0 unspecified atom stereocenters. The van der Waals surface area contributed by atoms with Gasteiger partial charge in [0.1, 0.15) is 0 Å². The van der Waals surface area contributed by atoms with Gasteiger partial charge in [-0.25, -0.2) is 0 Å². The lowest BCUT2D eigenvalue weighted by Crippen LogP contribution is -2.11. The lowest BCUT2D eigenvalue weighted by Gasteiger charge is -2.04. The van der Waals surface area contributed by atoms with Crippen LogP contribution in [0.5, 0.6) is 11.5 Å². The fourth-order valence-electron chi connectivity index (χ4n) is 1.81. The standard InChI is InChI=1S/C12H12N2O2/c1-8-13-6-10(14-8)4-9-2-3-11-12(5-9)16-7-15-11/h2-3,5-6,13-14H,1,4,7H2. The average Bonchev–Trinajstić information content (AvgIpc) is 2.87. The molecule has 0 fully saturated rings. The van der Waals surface area contributed by atoms with E-state index < -0.39 is 0 Å². The zero-order valence-electron chi connectivity index (χ0n) is 8.75. The second-order valence-electron chi connectivity index (χ2n) is 3.78. The predicted octanol–water partition coefficient (Wildman–Crippen LogP) is 1.46. The van der Waals surface area contributed by atoms with Gasteiger partial charge in [0.25, 0.3) is 0 Å². The number of ether oxygens (including phenoxy) is 2. The molecule has 0 aromatic heterocycles. The van der Waals surface area contributed by atoms with Crippen molar-refractivity contribution < 1.29 is 9.47 Å². The fraction of sp³-hybridized carbons (Fsp3) is 0.167. The van der Waals surface area contributed by atoms with Gasteiger partial charge in [0.05, 0.1) is 5.82 Å². The van der Waals surface area contributed by atoms with Crippen LogP contribution < -0.4 is 20.1 Å². The number of allylic oxidation sites excluding steroid dienone is 1. The molecule has 4 nitrogen and oxygen atoms in total. The Morgan fingerprint density at radius 1 is 1.25 bits per heavy atom. The number of hydrogen-bond donors (Lipinski definition) is 2. The second kappa shape index (κ2) is 3.48. The van der Waals surface area contributed by atoms with E-state index in [2.05, 4.69) is 17.2 Å². The van der Waals surface area contributed by atoms with E-state index in [0.29, 0.717) is 6.79 Å². The summed E-state index contributed by atoms with van der Waals surface area (Å²) < 4.78 is 10.6. The van der Waals surface area contributed by atoms with Crippen LogP contribution in [0.25, 0.3) is 0 Å². The Balaban J connectivity index is 1.78. The summed E-state index contributed by atoms with van der Waals surface area (Å²) in [5.41, 5.74) is 2.28. The van der Waals surface area contributed by atoms with E-state index in [1.165, 1.54) is 5.56 Å². The minimum absolute atomic E-state index is 0.318. The number of fused-ring (bicyclic) bond motifs is 1. The molecule has 0 aliphatic carbocycles. The molecule has 2 aliphatic rings. The van der Waals surface area contributed by atoms with Gasteiger partial charge in [-0.2, -0.15) is 0 Å². The molecule has 0 radical (unpaired) electrons. The van der Waals surface area contributed by atoms with Crippen molar-refractivity contribution in [1.82, 2.24) is 10.6 Å². The van der Waals surface area contributed by atoms with Crippen LogP contribution in [0.15, 0.2) is 42.5 Å². The van der Waals surface area contributed by atoms with E-state index in [1.807, 2.05) is 24.4 Å². The zero-order chi connectivity index (χ0) is 11.0. The first-order valence-corrected chi connectivity index (χ1v) is 5.11. The topological polar surface area (TPSA) is 42.5 Å². The van der Waals surface area contributed by atoms with Gasteiger partial charge >= 0.3 is 0 Å². The second-order valence-corrected chi connectivity index (χ2v) is 3.78. The van der Waals surface area contributed by atoms with Crippen LogP contribution >= 0.6 is 0 Å². The van der Waals surface area contributed by atoms with Crippen LogP contribution in [0.2, 0.25) is 0 Å². The number of hydrogen-bond acceptors (Lipinski definition) is 4. The normalized spacial score (nSPS) is 16.8. The molecule has 2 aliphatic heterocycles. The molecular weight excluding hydrogens is 204 g/mol. The zero-order valence-corrected chi connectivity index (χ0v) is 8.75. The molecule has 1 aromatic carbocycles. The van der Waals surface area contributed by atoms with Crippen LogP contribution in [0.4, 0.5) is 0 Å². The molecule has 4 heteroatoms. The Morgan fingerprint density at radius 2 is 2.12 bits per heavy atom. The Bertz CT molecular complexity index is 480. The summed E-state index contributed by atoms with van der Waals surface area (Å²) in [6.07, 6.45) is 2.75. The average molecular weight is 216 g/mol. The minimum atomic E-state index is 0.318.